The van der Waals surface area contributed by atoms with E-state index in [0.29, 0.717) is 6.07 Å². The fourth-order valence-electron chi connectivity index (χ4n) is 3.79. The number of alkyl halides is 3. The molecule has 1 heterocycles. The fourth-order valence-corrected chi connectivity index (χ4v) is 5.46. The molecule has 156 valence electrons. The van der Waals surface area contributed by atoms with E-state index in [1.165, 1.54) is 0 Å². The predicted molar refractivity (Wildman–Crippen MR) is 98.4 cm³/mol. The second-order valence-corrected chi connectivity index (χ2v) is 9.55. The normalized spacial score (nSPS) is 20.4. The Balaban J connectivity index is 1.70. The number of carbonyl (C=O) groups excluding carboxylic acids is 1. The molecule has 0 aromatic heterocycles. The molecule has 0 unspecified atom stereocenters. The summed E-state index contributed by atoms with van der Waals surface area (Å²) in [4.78, 5) is 13.8. The molecule has 0 bridgehead atoms. The molecule has 1 aliphatic heterocycles. The Morgan fingerprint density at radius 2 is 1.64 bits per heavy atom. The van der Waals surface area contributed by atoms with Crippen molar-refractivity contribution in [3.8, 4) is 0 Å². The molecule has 10 heteroatoms. The number of hydrogen-bond donors (Lipinski definition) is 0. The average molecular weight is 439 g/mol. The van der Waals surface area contributed by atoms with Gasteiger partial charge in [-0.2, -0.15) is 17.5 Å². The van der Waals surface area contributed by atoms with Gasteiger partial charge in [-0.25, -0.2) is 8.42 Å². The number of hydrogen-bond acceptors (Lipinski definition) is 3. The summed E-state index contributed by atoms with van der Waals surface area (Å²) < 4.78 is 65.8. The van der Waals surface area contributed by atoms with Crippen LogP contribution in [0.5, 0.6) is 0 Å². The lowest BCUT2D eigenvalue weighted by Gasteiger charge is -2.36. The summed E-state index contributed by atoms with van der Waals surface area (Å²) in [5.41, 5.74) is -1.18. The minimum atomic E-state index is -4.74. The Kier molecular flexibility index (Phi) is 6.26. The van der Waals surface area contributed by atoms with E-state index in [1.807, 2.05) is 0 Å². The number of carbonyl (C=O) groups is 1. The monoisotopic (exact) mass is 438 g/mol. The number of piperazine rings is 1. The quantitative estimate of drug-likeness (QED) is 0.721. The average Bonchev–Trinajstić information content (AvgIpc) is 2.67. The molecule has 28 heavy (non-hydrogen) atoms. The SMILES string of the molecule is O=C(C1CCCCC1)N1CCN(S(=O)(=O)c2ccc(Cl)c(C(F)(F)F)c2)CC1. The van der Waals surface area contributed by atoms with Gasteiger partial charge in [0.05, 0.1) is 15.5 Å². The molecule has 5 nitrogen and oxygen atoms in total. The van der Waals surface area contributed by atoms with Crippen LogP contribution in [0.15, 0.2) is 23.1 Å². The maximum atomic E-state index is 13.0. The third-order valence-corrected chi connectivity index (χ3v) is 7.61. The van der Waals surface area contributed by atoms with Gasteiger partial charge in [-0.15, -0.1) is 0 Å². The van der Waals surface area contributed by atoms with E-state index in [4.69, 9.17) is 11.6 Å². The first kappa shape index (κ1) is 21.4. The van der Waals surface area contributed by atoms with Gasteiger partial charge < -0.3 is 4.90 Å². The van der Waals surface area contributed by atoms with Crippen LogP contribution in [-0.4, -0.2) is 49.7 Å². The molecule has 2 fully saturated rings. The van der Waals surface area contributed by atoms with E-state index in [2.05, 4.69) is 0 Å². The van der Waals surface area contributed by atoms with Crippen molar-refractivity contribution >= 4 is 27.5 Å². The Morgan fingerprint density at radius 3 is 2.21 bits per heavy atom. The van der Waals surface area contributed by atoms with Gasteiger partial charge in [-0.1, -0.05) is 30.9 Å². The third-order valence-electron chi connectivity index (χ3n) is 5.39. The molecule has 1 saturated heterocycles. The molecule has 0 atom stereocenters. The molecular formula is C18H22ClF3N2O3S. The topological polar surface area (TPSA) is 57.7 Å². The van der Waals surface area contributed by atoms with Crippen molar-refractivity contribution in [3.63, 3.8) is 0 Å². The maximum Gasteiger partial charge on any atom is 0.417 e. The zero-order valence-corrected chi connectivity index (χ0v) is 16.8. The van der Waals surface area contributed by atoms with Crippen LogP contribution in [0.3, 0.4) is 0 Å². The summed E-state index contributed by atoms with van der Waals surface area (Å²) in [5, 5.41) is -0.547. The van der Waals surface area contributed by atoms with Crippen molar-refractivity contribution in [3.05, 3.63) is 28.8 Å². The molecule has 1 aliphatic carbocycles. The van der Waals surface area contributed by atoms with E-state index >= 15 is 0 Å². The molecule has 0 radical (unpaired) electrons. The van der Waals surface area contributed by atoms with E-state index in [1.54, 1.807) is 4.90 Å². The van der Waals surface area contributed by atoms with Crippen LogP contribution in [0.4, 0.5) is 13.2 Å². The van der Waals surface area contributed by atoms with Crippen LogP contribution in [0.1, 0.15) is 37.7 Å². The lowest BCUT2D eigenvalue weighted by atomic mass is 9.88. The van der Waals surface area contributed by atoms with Crippen molar-refractivity contribution in [2.24, 2.45) is 5.92 Å². The van der Waals surface area contributed by atoms with Gasteiger partial charge in [0.15, 0.2) is 0 Å². The second-order valence-electron chi connectivity index (χ2n) is 7.20. The number of rotatable bonds is 3. The molecule has 3 rings (SSSR count). The van der Waals surface area contributed by atoms with Crippen molar-refractivity contribution < 1.29 is 26.4 Å². The van der Waals surface area contributed by atoms with Gasteiger partial charge in [0.2, 0.25) is 15.9 Å². The summed E-state index contributed by atoms with van der Waals surface area (Å²) >= 11 is 5.57. The molecule has 2 aliphatic rings. The van der Waals surface area contributed by atoms with Crippen molar-refractivity contribution in [2.75, 3.05) is 26.2 Å². The lowest BCUT2D eigenvalue weighted by Crippen LogP contribution is -2.52. The Hall–Kier alpha value is -1.32. The fraction of sp³-hybridized carbons (Fsp3) is 0.611. The Labute approximate surface area is 167 Å². The maximum absolute atomic E-state index is 13.0. The van der Waals surface area contributed by atoms with Gasteiger partial charge in [0.25, 0.3) is 0 Å². The summed E-state index contributed by atoms with van der Waals surface area (Å²) in [6.45, 7) is 0.609. The summed E-state index contributed by atoms with van der Waals surface area (Å²) in [7, 11) is -4.10. The Bertz CT molecular complexity index is 831. The van der Waals surface area contributed by atoms with Crippen LogP contribution >= 0.6 is 11.6 Å². The van der Waals surface area contributed by atoms with Crippen molar-refractivity contribution in [2.45, 2.75) is 43.2 Å². The number of halogens is 4. The standard InChI is InChI=1S/C18H22ClF3N2O3S/c19-16-7-6-14(12-15(16)18(20,21)22)28(26,27)24-10-8-23(9-11-24)17(25)13-4-2-1-3-5-13/h6-7,12-13H,1-5,8-11H2. The van der Waals surface area contributed by atoms with Gasteiger partial charge in [0, 0.05) is 32.1 Å². The van der Waals surface area contributed by atoms with Crippen LogP contribution in [-0.2, 0) is 21.0 Å². The zero-order chi connectivity index (χ0) is 20.5. The smallest absolute Gasteiger partial charge is 0.340 e. The first-order valence-corrected chi connectivity index (χ1v) is 11.1. The van der Waals surface area contributed by atoms with E-state index in [-0.39, 0.29) is 38.0 Å². The highest BCUT2D eigenvalue weighted by molar-refractivity contribution is 7.89. The molecule has 1 saturated carbocycles. The highest BCUT2D eigenvalue weighted by Gasteiger charge is 2.37. The van der Waals surface area contributed by atoms with Crippen molar-refractivity contribution in [1.82, 2.24) is 9.21 Å². The first-order chi connectivity index (χ1) is 13.1. The van der Waals surface area contributed by atoms with E-state index < -0.39 is 31.7 Å². The second kappa shape index (κ2) is 8.20. The first-order valence-electron chi connectivity index (χ1n) is 9.26. The van der Waals surface area contributed by atoms with Gasteiger partial charge >= 0.3 is 6.18 Å². The summed E-state index contributed by atoms with van der Waals surface area (Å²) in [6, 6.07) is 2.59. The highest BCUT2D eigenvalue weighted by Crippen LogP contribution is 2.36. The van der Waals surface area contributed by atoms with Gasteiger partial charge in [-0.05, 0) is 31.0 Å². The molecule has 1 amide bonds. The summed E-state index contributed by atoms with van der Waals surface area (Å²) in [6.07, 6.45) is 0.181. The van der Waals surface area contributed by atoms with Crippen LogP contribution in [0.2, 0.25) is 5.02 Å². The third kappa shape index (κ3) is 4.46. The number of sulfonamides is 1. The van der Waals surface area contributed by atoms with Crippen LogP contribution in [0.25, 0.3) is 0 Å². The Morgan fingerprint density at radius 1 is 1.04 bits per heavy atom. The predicted octanol–water partition coefficient (Wildman–Crippen LogP) is 3.77. The van der Waals surface area contributed by atoms with Crippen LogP contribution in [0, 0.1) is 5.92 Å². The molecule has 1 aromatic carbocycles. The zero-order valence-electron chi connectivity index (χ0n) is 15.2. The highest BCUT2D eigenvalue weighted by atomic mass is 35.5. The van der Waals surface area contributed by atoms with Crippen molar-refractivity contribution in [1.29, 1.82) is 0 Å². The minimum absolute atomic E-state index is 0.00233. The van der Waals surface area contributed by atoms with E-state index in [9.17, 15) is 26.4 Å². The van der Waals surface area contributed by atoms with Gasteiger partial charge in [-0.3, -0.25) is 4.79 Å². The molecule has 1 aromatic rings. The van der Waals surface area contributed by atoms with Gasteiger partial charge in [0.1, 0.15) is 0 Å². The number of benzene rings is 1. The largest absolute Gasteiger partial charge is 0.417 e. The van der Waals surface area contributed by atoms with E-state index in [0.717, 1.165) is 48.5 Å². The summed E-state index contributed by atoms with van der Waals surface area (Å²) in [5.74, 6) is 0.0603. The molecular weight excluding hydrogens is 417 g/mol. The van der Waals surface area contributed by atoms with Crippen LogP contribution < -0.4 is 0 Å². The molecule has 0 N–H and O–H groups in total. The number of nitrogens with zero attached hydrogens (tertiary/aromatic N) is 2. The minimum Gasteiger partial charge on any atom is -0.340 e. The lowest BCUT2D eigenvalue weighted by molar-refractivity contribution is -0.138. The molecule has 0 spiro atoms. The number of amides is 1.